The predicted octanol–water partition coefficient (Wildman–Crippen LogP) is 0.226. The lowest BCUT2D eigenvalue weighted by Gasteiger charge is -2.11. The van der Waals surface area contributed by atoms with Crippen molar-refractivity contribution in [3.05, 3.63) is 35.1 Å². The van der Waals surface area contributed by atoms with E-state index in [-0.39, 0.29) is 23.8 Å². The van der Waals surface area contributed by atoms with E-state index in [1.807, 2.05) is 0 Å². The summed E-state index contributed by atoms with van der Waals surface area (Å²) in [6, 6.07) is 4.74. The summed E-state index contributed by atoms with van der Waals surface area (Å²) in [5.41, 5.74) is 1.48. The Morgan fingerprint density at radius 2 is 2.20 bits per heavy atom. The van der Waals surface area contributed by atoms with Gasteiger partial charge in [0.2, 0.25) is 20.9 Å². The monoisotopic (exact) mass is 378 g/mol. The van der Waals surface area contributed by atoms with E-state index >= 15 is 0 Å². The fourth-order valence-electron chi connectivity index (χ4n) is 2.69. The summed E-state index contributed by atoms with van der Waals surface area (Å²) in [6.07, 6.45) is 2.18. The summed E-state index contributed by atoms with van der Waals surface area (Å²) in [5.74, 6) is -0.0409. The first-order valence-corrected chi connectivity index (χ1v) is 9.79. The third-order valence-electron chi connectivity index (χ3n) is 4.00. The molecule has 1 N–H and O–H groups in total. The summed E-state index contributed by atoms with van der Waals surface area (Å²) >= 11 is 1.37. The van der Waals surface area contributed by atoms with Crippen LogP contribution in [0.25, 0.3) is 4.96 Å². The van der Waals surface area contributed by atoms with E-state index < -0.39 is 10.0 Å². The number of fused-ring (bicyclic) bond motifs is 2. The van der Waals surface area contributed by atoms with Gasteiger partial charge in [0.15, 0.2) is 0 Å². The number of benzene rings is 1. The van der Waals surface area contributed by atoms with Gasteiger partial charge >= 0.3 is 0 Å². The molecular weight excluding hydrogens is 364 g/mol. The van der Waals surface area contributed by atoms with Gasteiger partial charge in [0.25, 0.3) is 0 Å². The highest BCUT2D eigenvalue weighted by Crippen LogP contribution is 2.29. The fraction of sp³-hybridized carbons (Fsp3) is 0.286. The first-order chi connectivity index (χ1) is 11.9. The van der Waals surface area contributed by atoms with E-state index in [0.717, 1.165) is 16.3 Å². The highest BCUT2D eigenvalue weighted by atomic mass is 32.2. The molecule has 0 saturated heterocycles. The lowest BCUT2D eigenvalue weighted by Crippen LogP contribution is -2.26. The molecule has 3 heterocycles. The maximum absolute atomic E-state index is 12.5. The molecule has 1 aromatic carbocycles. The van der Waals surface area contributed by atoms with E-state index in [2.05, 4.69) is 20.0 Å². The third-order valence-corrected chi connectivity index (χ3v) is 6.43. The number of likely N-dealkylation sites (N-methyl/N-ethyl adjacent to an activating group) is 1. The molecule has 0 fully saturated rings. The Bertz CT molecular complexity index is 1040. The van der Waals surface area contributed by atoms with Gasteiger partial charge in [-0.1, -0.05) is 11.3 Å². The maximum Gasteiger partial charge on any atom is 0.240 e. The Morgan fingerprint density at radius 1 is 1.36 bits per heavy atom. The molecule has 0 aliphatic carbocycles. The number of anilines is 1. The Balaban J connectivity index is 1.46. The van der Waals surface area contributed by atoms with E-state index in [9.17, 15) is 13.2 Å². The molecule has 25 heavy (non-hydrogen) atoms. The van der Waals surface area contributed by atoms with Crippen LogP contribution in [0.1, 0.15) is 10.6 Å². The minimum Gasteiger partial charge on any atom is -0.315 e. The lowest BCUT2D eigenvalue weighted by atomic mass is 10.2. The molecule has 11 heteroatoms. The number of nitrogens with zero attached hydrogens (tertiary/aromatic N) is 5. The van der Waals surface area contributed by atoms with E-state index in [4.69, 9.17) is 0 Å². The average molecular weight is 378 g/mol. The number of amides is 1. The number of carbonyl (C=O) groups excluding carboxylic acids is 1. The molecule has 0 atom stereocenters. The summed E-state index contributed by atoms with van der Waals surface area (Å²) in [4.78, 5) is 14.1. The normalized spacial score (nSPS) is 14.4. The molecule has 0 spiro atoms. The van der Waals surface area contributed by atoms with Crippen LogP contribution in [-0.4, -0.2) is 47.7 Å². The van der Waals surface area contributed by atoms with Crippen LogP contribution in [0.4, 0.5) is 5.69 Å². The molecule has 2 aromatic heterocycles. The molecule has 4 rings (SSSR count). The van der Waals surface area contributed by atoms with Crippen molar-refractivity contribution in [2.45, 2.75) is 17.7 Å². The first kappa shape index (κ1) is 16.1. The Morgan fingerprint density at radius 3 is 3.00 bits per heavy atom. The molecule has 130 valence electrons. The number of rotatable bonds is 5. The molecule has 0 saturated carbocycles. The number of aromatic nitrogens is 4. The summed E-state index contributed by atoms with van der Waals surface area (Å²) in [7, 11) is -1.96. The second-order valence-corrected chi connectivity index (χ2v) is 8.43. The number of hydrogen-bond acceptors (Lipinski definition) is 7. The van der Waals surface area contributed by atoms with Crippen molar-refractivity contribution in [1.82, 2.24) is 24.5 Å². The maximum atomic E-state index is 12.5. The smallest absolute Gasteiger partial charge is 0.240 e. The molecule has 1 amide bonds. The molecule has 9 nitrogen and oxygen atoms in total. The van der Waals surface area contributed by atoms with E-state index in [1.54, 1.807) is 23.7 Å². The summed E-state index contributed by atoms with van der Waals surface area (Å²) < 4.78 is 29.0. The highest BCUT2D eigenvalue weighted by Gasteiger charge is 2.26. The molecular formula is C14H14N6O3S2. The SMILES string of the molecule is CN1C(=O)Cc2cc(S(=O)(=O)NCCc3nn4cnnc4s3)ccc21. The fourth-order valence-corrected chi connectivity index (χ4v) is 4.59. The van der Waals surface area contributed by atoms with Gasteiger partial charge in [-0.3, -0.25) is 4.79 Å². The summed E-state index contributed by atoms with van der Waals surface area (Å²) in [6.45, 7) is 0.225. The van der Waals surface area contributed by atoms with Gasteiger partial charge in [-0.2, -0.15) is 9.61 Å². The van der Waals surface area contributed by atoms with Gasteiger partial charge in [0.1, 0.15) is 11.3 Å². The Labute approximate surface area is 147 Å². The molecule has 1 aliphatic rings. The second-order valence-electron chi connectivity index (χ2n) is 5.62. The van der Waals surface area contributed by atoms with E-state index in [1.165, 1.54) is 28.6 Å². The standard InChI is InChI=1S/C14H14N6O3S2/c1-19-11-3-2-10(6-9(11)7-13(19)21)25(22,23)16-5-4-12-18-20-8-15-17-14(20)24-12/h2-3,6,8,16H,4-5,7H2,1H3. The molecule has 0 radical (unpaired) electrons. The van der Waals surface area contributed by atoms with E-state index in [0.29, 0.717) is 11.4 Å². The van der Waals surface area contributed by atoms with Crippen molar-refractivity contribution < 1.29 is 13.2 Å². The minimum atomic E-state index is -3.64. The lowest BCUT2D eigenvalue weighted by molar-refractivity contribution is -0.117. The van der Waals surface area contributed by atoms with Gasteiger partial charge in [0, 0.05) is 25.7 Å². The minimum absolute atomic E-state index is 0.0409. The van der Waals surface area contributed by atoms with Gasteiger partial charge in [-0.25, -0.2) is 13.1 Å². The second kappa shape index (κ2) is 5.86. The van der Waals surface area contributed by atoms with Crippen LogP contribution in [0.15, 0.2) is 29.4 Å². The number of sulfonamides is 1. The largest absolute Gasteiger partial charge is 0.315 e. The molecule has 3 aromatic rings. The zero-order valence-electron chi connectivity index (χ0n) is 13.2. The zero-order valence-corrected chi connectivity index (χ0v) is 14.8. The molecule has 0 bridgehead atoms. The average Bonchev–Trinajstić information content (AvgIpc) is 3.22. The van der Waals surface area contributed by atoms with Crippen LogP contribution in [0, 0.1) is 0 Å². The van der Waals surface area contributed by atoms with Crippen molar-refractivity contribution in [3.63, 3.8) is 0 Å². The van der Waals surface area contributed by atoms with Crippen LogP contribution in [0.2, 0.25) is 0 Å². The Hall–Kier alpha value is -2.37. The molecule has 0 unspecified atom stereocenters. The topological polar surface area (TPSA) is 110 Å². The molecule has 1 aliphatic heterocycles. The van der Waals surface area contributed by atoms with Crippen LogP contribution in [0.3, 0.4) is 0 Å². The van der Waals surface area contributed by atoms with Crippen molar-refractivity contribution in [1.29, 1.82) is 0 Å². The van der Waals surface area contributed by atoms with Crippen LogP contribution in [0.5, 0.6) is 0 Å². The van der Waals surface area contributed by atoms with Crippen LogP contribution < -0.4 is 9.62 Å². The number of carbonyl (C=O) groups is 1. The first-order valence-electron chi connectivity index (χ1n) is 7.49. The third kappa shape index (κ3) is 2.90. The summed E-state index contributed by atoms with van der Waals surface area (Å²) in [5, 5.41) is 12.6. The van der Waals surface area contributed by atoms with Gasteiger partial charge in [-0.15, -0.1) is 10.2 Å². The van der Waals surface area contributed by atoms with Crippen LogP contribution in [-0.2, 0) is 27.7 Å². The van der Waals surface area contributed by atoms with Gasteiger partial charge in [0.05, 0.1) is 11.3 Å². The quantitative estimate of drug-likeness (QED) is 0.680. The van der Waals surface area contributed by atoms with Crippen molar-refractivity contribution in [2.24, 2.45) is 0 Å². The van der Waals surface area contributed by atoms with Gasteiger partial charge < -0.3 is 4.90 Å². The highest BCUT2D eigenvalue weighted by molar-refractivity contribution is 7.89. The van der Waals surface area contributed by atoms with Crippen molar-refractivity contribution in [3.8, 4) is 0 Å². The number of hydrogen-bond donors (Lipinski definition) is 1. The van der Waals surface area contributed by atoms with Crippen molar-refractivity contribution in [2.75, 3.05) is 18.5 Å². The number of nitrogens with one attached hydrogen (secondary N) is 1. The van der Waals surface area contributed by atoms with Gasteiger partial charge in [-0.05, 0) is 23.8 Å². The Kier molecular flexibility index (Phi) is 3.78. The predicted molar refractivity (Wildman–Crippen MR) is 91.1 cm³/mol. The zero-order chi connectivity index (χ0) is 17.6. The van der Waals surface area contributed by atoms with Crippen LogP contribution >= 0.6 is 11.3 Å². The van der Waals surface area contributed by atoms with Crippen molar-refractivity contribution >= 4 is 37.9 Å².